The molecule has 2 aromatic rings. The summed E-state index contributed by atoms with van der Waals surface area (Å²) in [4.78, 5) is 3.92. The number of hydrogen-bond donors (Lipinski definition) is 0. The van der Waals surface area contributed by atoms with Gasteiger partial charge in [-0.05, 0) is 18.3 Å². The van der Waals surface area contributed by atoms with E-state index in [0.29, 0.717) is 10.7 Å². The second-order valence-corrected chi connectivity index (χ2v) is 2.90. The van der Waals surface area contributed by atoms with Crippen molar-refractivity contribution in [3.8, 4) is 0 Å². The Morgan fingerprint density at radius 1 is 1.42 bits per heavy atom. The van der Waals surface area contributed by atoms with Crippen molar-refractivity contribution in [2.45, 2.75) is 6.85 Å². The number of fused-ring (bicyclic) bond motifs is 1. The molecule has 2 rings (SSSR count). The molecule has 0 aliphatic rings. The predicted octanol–water partition coefficient (Wildman–Crippen LogP) is 3.20. The van der Waals surface area contributed by atoms with Crippen LogP contribution in [0.1, 0.15) is 9.68 Å². The lowest BCUT2D eigenvalue weighted by molar-refractivity contribution is 1.36. The van der Waals surface area contributed by atoms with Gasteiger partial charge >= 0.3 is 0 Å². The van der Waals surface area contributed by atoms with Crippen molar-refractivity contribution >= 4 is 22.4 Å². The highest BCUT2D eigenvalue weighted by Gasteiger charge is 1.97. The molecule has 0 aliphatic heterocycles. The van der Waals surface area contributed by atoms with Crippen molar-refractivity contribution in [3.63, 3.8) is 0 Å². The number of aromatic nitrogens is 1. The van der Waals surface area contributed by atoms with Gasteiger partial charge in [-0.2, -0.15) is 0 Å². The van der Waals surface area contributed by atoms with Crippen LogP contribution < -0.4 is 0 Å². The van der Waals surface area contributed by atoms with E-state index < -0.39 is 6.85 Å². The van der Waals surface area contributed by atoms with Crippen LogP contribution in [0, 0.1) is 6.85 Å². The largest absolute Gasteiger partial charge is 0.244 e. The Morgan fingerprint density at radius 2 is 2.33 bits per heavy atom. The molecular formula is C10H8ClN. The molecule has 2 heteroatoms. The molecule has 60 valence electrons. The summed E-state index contributed by atoms with van der Waals surface area (Å²) in [5, 5.41) is 1.96. The fraction of sp³-hybridized carbons (Fsp3) is 0.100. The molecule has 1 aromatic carbocycles. The van der Waals surface area contributed by atoms with Crippen LogP contribution >= 0.6 is 11.6 Å². The predicted molar refractivity (Wildman–Crippen MR) is 51.5 cm³/mol. The molecule has 0 saturated carbocycles. The molecule has 0 spiro atoms. The zero-order valence-corrected chi connectivity index (χ0v) is 6.97. The Labute approximate surface area is 80.2 Å². The summed E-state index contributed by atoms with van der Waals surface area (Å²) in [5.41, 5.74) is 0.317. The van der Waals surface area contributed by atoms with Gasteiger partial charge in [0.25, 0.3) is 0 Å². The first kappa shape index (κ1) is 4.83. The fourth-order valence-corrected chi connectivity index (χ4v) is 1.37. The number of benzene rings is 1. The number of aryl methyl sites for hydroxylation is 1. The average Bonchev–Trinajstić information content (AvgIpc) is 2.16. The van der Waals surface area contributed by atoms with Gasteiger partial charge in [-0.25, -0.2) is 4.98 Å². The normalized spacial score (nSPS) is 15.2. The van der Waals surface area contributed by atoms with E-state index in [-0.39, 0.29) is 0 Å². The summed E-state index contributed by atoms with van der Waals surface area (Å²) in [5.74, 6) is 0. The first-order valence-electron chi connectivity index (χ1n) is 5.03. The minimum absolute atomic E-state index is 0.317. The van der Waals surface area contributed by atoms with Crippen LogP contribution in [0.4, 0.5) is 0 Å². The Kier molecular flexibility index (Phi) is 1.11. The molecule has 0 aliphatic carbocycles. The van der Waals surface area contributed by atoms with Crippen LogP contribution in [-0.2, 0) is 0 Å². The van der Waals surface area contributed by atoms with Gasteiger partial charge < -0.3 is 0 Å². The number of pyridine rings is 1. The number of halogens is 1. The average molecular weight is 181 g/mol. The van der Waals surface area contributed by atoms with Gasteiger partial charge in [0.1, 0.15) is 5.15 Å². The second kappa shape index (κ2) is 2.76. The highest BCUT2D eigenvalue weighted by molar-refractivity contribution is 6.34. The van der Waals surface area contributed by atoms with Crippen molar-refractivity contribution < 1.29 is 4.11 Å². The van der Waals surface area contributed by atoms with Crippen molar-refractivity contribution in [2.24, 2.45) is 0 Å². The van der Waals surface area contributed by atoms with E-state index in [9.17, 15) is 0 Å². The fourth-order valence-electron chi connectivity index (χ4n) is 1.14. The van der Waals surface area contributed by atoms with Crippen LogP contribution in [0.2, 0.25) is 5.15 Å². The summed E-state index contributed by atoms with van der Waals surface area (Å²) in [6, 6.07) is 6.61. The SMILES string of the molecule is [2H]C([2H])([2H])c1ccc2c(Cl)nccc2c1. The Morgan fingerprint density at radius 3 is 3.17 bits per heavy atom. The van der Waals surface area contributed by atoms with Gasteiger partial charge in [-0.15, -0.1) is 0 Å². The molecule has 1 aromatic heterocycles. The van der Waals surface area contributed by atoms with Crippen LogP contribution in [-0.4, -0.2) is 4.98 Å². The van der Waals surface area contributed by atoms with E-state index in [2.05, 4.69) is 4.98 Å². The Bertz CT molecular complexity index is 507. The van der Waals surface area contributed by atoms with Gasteiger partial charge in [0.15, 0.2) is 0 Å². The second-order valence-electron chi connectivity index (χ2n) is 2.54. The zero-order valence-electron chi connectivity index (χ0n) is 9.21. The first-order chi connectivity index (χ1) is 6.98. The highest BCUT2D eigenvalue weighted by atomic mass is 35.5. The molecule has 0 atom stereocenters. The van der Waals surface area contributed by atoms with Crippen molar-refractivity contribution in [1.82, 2.24) is 4.98 Å². The molecule has 1 nitrogen and oxygen atoms in total. The first-order valence-corrected chi connectivity index (χ1v) is 3.91. The molecule has 12 heavy (non-hydrogen) atoms. The molecular weight excluding hydrogens is 170 g/mol. The van der Waals surface area contributed by atoms with E-state index >= 15 is 0 Å². The molecule has 0 amide bonds. The van der Waals surface area contributed by atoms with Crippen molar-refractivity contribution in [3.05, 3.63) is 41.2 Å². The lowest BCUT2D eigenvalue weighted by Crippen LogP contribution is -1.79. The van der Waals surface area contributed by atoms with Crippen LogP contribution in [0.3, 0.4) is 0 Å². The maximum atomic E-state index is 7.29. The molecule has 0 saturated heterocycles. The van der Waals surface area contributed by atoms with E-state index in [0.717, 1.165) is 10.8 Å². The zero-order chi connectivity index (χ0) is 11.1. The third-order valence-electron chi connectivity index (χ3n) is 1.72. The molecule has 1 heterocycles. The smallest absolute Gasteiger partial charge is 0.136 e. The van der Waals surface area contributed by atoms with E-state index in [1.807, 2.05) is 0 Å². The van der Waals surface area contributed by atoms with E-state index in [1.165, 1.54) is 0 Å². The summed E-state index contributed by atoms with van der Waals surface area (Å²) in [7, 11) is 0. The van der Waals surface area contributed by atoms with E-state index in [1.54, 1.807) is 30.5 Å². The maximum absolute atomic E-state index is 7.29. The summed E-state index contributed by atoms with van der Waals surface area (Å²) >= 11 is 5.87. The van der Waals surface area contributed by atoms with Crippen LogP contribution in [0.5, 0.6) is 0 Å². The lowest BCUT2D eigenvalue weighted by Gasteiger charge is -1.99. The van der Waals surface area contributed by atoms with Gasteiger partial charge in [0.05, 0.1) is 0 Å². The molecule has 0 unspecified atom stereocenters. The standard InChI is InChI=1S/C10H8ClN/c1-7-2-3-9-8(6-7)4-5-12-10(9)11/h2-6H,1H3/i1D3. The third-order valence-corrected chi connectivity index (χ3v) is 2.02. The minimum atomic E-state index is -2.08. The van der Waals surface area contributed by atoms with Gasteiger partial charge in [0.2, 0.25) is 0 Å². The van der Waals surface area contributed by atoms with E-state index in [4.69, 9.17) is 15.7 Å². The maximum Gasteiger partial charge on any atom is 0.136 e. The van der Waals surface area contributed by atoms with Crippen molar-refractivity contribution in [1.29, 1.82) is 0 Å². The Balaban J connectivity index is 2.68. The van der Waals surface area contributed by atoms with Gasteiger partial charge in [-0.1, -0.05) is 35.4 Å². The topological polar surface area (TPSA) is 12.9 Å². The highest BCUT2D eigenvalue weighted by Crippen LogP contribution is 2.21. The minimum Gasteiger partial charge on any atom is -0.244 e. The van der Waals surface area contributed by atoms with Crippen molar-refractivity contribution in [2.75, 3.05) is 0 Å². The lowest BCUT2D eigenvalue weighted by atomic mass is 10.1. The number of rotatable bonds is 0. The summed E-state index contributed by atoms with van der Waals surface area (Å²) < 4.78 is 21.9. The number of hydrogen-bond acceptors (Lipinski definition) is 1. The molecule has 0 radical (unpaired) electrons. The molecule has 0 bridgehead atoms. The third kappa shape index (κ3) is 1.16. The van der Waals surface area contributed by atoms with Crippen LogP contribution in [0.25, 0.3) is 10.8 Å². The van der Waals surface area contributed by atoms with Gasteiger partial charge in [-0.3, -0.25) is 0 Å². The molecule has 0 N–H and O–H groups in total. The quantitative estimate of drug-likeness (QED) is 0.568. The van der Waals surface area contributed by atoms with Crippen LogP contribution in [0.15, 0.2) is 30.5 Å². The van der Waals surface area contributed by atoms with Gasteiger partial charge in [0, 0.05) is 15.7 Å². The molecule has 0 fully saturated rings. The Hall–Kier alpha value is -1.08. The summed E-state index contributed by atoms with van der Waals surface area (Å²) in [6.07, 6.45) is 1.56. The summed E-state index contributed by atoms with van der Waals surface area (Å²) in [6.45, 7) is -2.08. The monoisotopic (exact) mass is 180 g/mol. The number of nitrogens with zero attached hydrogens (tertiary/aromatic N) is 1.